The van der Waals surface area contributed by atoms with Gasteiger partial charge in [-0.05, 0) is 43.3 Å². The molecular formula is C20H23NO5S. The summed E-state index contributed by atoms with van der Waals surface area (Å²) in [5.41, 5.74) is 1.10. The Labute approximate surface area is 159 Å². The Morgan fingerprint density at radius 3 is 2.89 bits per heavy atom. The van der Waals surface area contributed by atoms with Crippen LogP contribution >= 0.6 is 0 Å². The normalized spacial score (nSPS) is 21.2. The summed E-state index contributed by atoms with van der Waals surface area (Å²) in [4.78, 5) is 0.404. The Balaban J connectivity index is 1.61. The molecule has 0 amide bonds. The van der Waals surface area contributed by atoms with Gasteiger partial charge < -0.3 is 19.9 Å². The number of aliphatic hydroxyl groups excluding tert-OH is 1. The first kappa shape index (κ1) is 18.3. The summed E-state index contributed by atoms with van der Waals surface area (Å²) < 4.78 is 37.6. The van der Waals surface area contributed by atoms with E-state index < -0.39 is 9.84 Å². The Hall–Kier alpha value is -2.09. The lowest BCUT2D eigenvalue weighted by Gasteiger charge is -2.24. The molecule has 1 saturated heterocycles. The van der Waals surface area contributed by atoms with Crippen molar-refractivity contribution in [3.63, 3.8) is 0 Å². The van der Waals surface area contributed by atoms with Crippen molar-refractivity contribution in [2.24, 2.45) is 0 Å². The fourth-order valence-electron chi connectivity index (χ4n) is 3.68. The van der Waals surface area contributed by atoms with Gasteiger partial charge >= 0.3 is 0 Å². The second-order valence-electron chi connectivity index (χ2n) is 6.86. The van der Waals surface area contributed by atoms with Gasteiger partial charge in [0.15, 0.2) is 0 Å². The lowest BCUT2D eigenvalue weighted by Crippen LogP contribution is -2.39. The first-order valence-electron chi connectivity index (χ1n) is 9.20. The first-order chi connectivity index (χ1) is 13.1. The lowest BCUT2D eigenvalue weighted by atomic mass is 9.90. The van der Waals surface area contributed by atoms with E-state index in [1.54, 1.807) is 30.3 Å². The van der Waals surface area contributed by atoms with Crippen molar-refractivity contribution in [3.05, 3.63) is 48.0 Å². The van der Waals surface area contributed by atoms with Gasteiger partial charge in [-0.3, -0.25) is 0 Å². The average Bonchev–Trinajstić information content (AvgIpc) is 3.06. The van der Waals surface area contributed by atoms with Crippen LogP contribution in [0.25, 0.3) is 0 Å². The van der Waals surface area contributed by atoms with Crippen LogP contribution in [0.5, 0.6) is 11.5 Å². The number of rotatable bonds is 6. The highest BCUT2D eigenvalue weighted by molar-refractivity contribution is 7.91. The highest BCUT2D eigenvalue weighted by atomic mass is 32.2. The van der Waals surface area contributed by atoms with Crippen LogP contribution in [0.2, 0.25) is 0 Å². The molecule has 0 saturated carbocycles. The second-order valence-corrected chi connectivity index (χ2v) is 8.81. The summed E-state index contributed by atoms with van der Waals surface area (Å²) in [5, 5.41) is 12.2. The molecule has 144 valence electrons. The molecule has 2 atom stereocenters. The average molecular weight is 389 g/mol. The van der Waals surface area contributed by atoms with Crippen LogP contribution in [0, 0.1) is 0 Å². The summed E-state index contributed by atoms with van der Waals surface area (Å²) >= 11 is 0. The minimum Gasteiger partial charge on any atom is -0.493 e. The maximum Gasteiger partial charge on any atom is 0.206 e. The van der Waals surface area contributed by atoms with Crippen LogP contribution < -0.4 is 14.8 Å². The molecule has 2 aliphatic rings. The highest BCUT2D eigenvalue weighted by Crippen LogP contribution is 2.42. The standard InChI is InChI=1S/C20H23NO5S/c22-9-2-10-25-14-3-1-4-15(11-14)27(23,24)16-5-6-17-18-7-8-21-13-20(18)26-19(17)12-16/h1,3-6,11-12,18,20-22H,2,7-10,13H2. The molecule has 0 aliphatic carbocycles. The van der Waals surface area contributed by atoms with Gasteiger partial charge in [0.1, 0.15) is 17.6 Å². The molecular weight excluding hydrogens is 366 g/mol. The predicted octanol–water partition coefficient (Wildman–Crippen LogP) is 2.12. The predicted molar refractivity (Wildman–Crippen MR) is 100 cm³/mol. The number of sulfone groups is 1. The zero-order valence-corrected chi connectivity index (χ0v) is 15.7. The molecule has 2 aliphatic heterocycles. The van der Waals surface area contributed by atoms with Crippen LogP contribution in [-0.4, -0.2) is 45.9 Å². The Bertz CT molecular complexity index is 928. The zero-order chi connectivity index (χ0) is 18.9. The van der Waals surface area contributed by atoms with Crippen molar-refractivity contribution in [1.82, 2.24) is 5.32 Å². The van der Waals surface area contributed by atoms with E-state index in [-0.39, 0.29) is 22.5 Å². The molecule has 0 radical (unpaired) electrons. The molecule has 27 heavy (non-hydrogen) atoms. The number of aliphatic hydroxyl groups is 1. The highest BCUT2D eigenvalue weighted by Gasteiger charge is 2.36. The number of piperidine rings is 1. The van der Waals surface area contributed by atoms with Crippen molar-refractivity contribution in [3.8, 4) is 11.5 Å². The minimum absolute atomic E-state index is 0.0324. The summed E-state index contributed by atoms with van der Waals surface area (Å²) in [5.74, 6) is 1.48. The van der Waals surface area contributed by atoms with Gasteiger partial charge in [0, 0.05) is 31.1 Å². The molecule has 0 spiro atoms. The van der Waals surface area contributed by atoms with Gasteiger partial charge in [-0.2, -0.15) is 0 Å². The topological polar surface area (TPSA) is 84.9 Å². The number of benzene rings is 2. The van der Waals surface area contributed by atoms with E-state index >= 15 is 0 Å². The molecule has 2 heterocycles. The Morgan fingerprint density at radius 1 is 1.19 bits per heavy atom. The van der Waals surface area contributed by atoms with E-state index in [2.05, 4.69) is 5.32 Å². The molecule has 7 heteroatoms. The third-order valence-electron chi connectivity index (χ3n) is 5.09. The Morgan fingerprint density at radius 2 is 2.04 bits per heavy atom. The van der Waals surface area contributed by atoms with Crippen LogP contribution in [0.3, 0.4) is 0 Å². The summed E-state index contributed by atoms with van der Waals surface area (Å²) in [6, 6.07) is 11.6. The van der Waals surface area contributed by atoms with Gasteiger partial charge in [-0.15, -0.1) is 0 Å². The van der Waals surface area contributed by atoms with E-state index in [4.69, 9.17) is 14.6 Å². The third kappa shape index (κ3) is 3.54. The molecule has 0 aromatic heterocycles. The van der Waals surface area contributed by atoms with E-state index in [9.17, 15) is 8.42 Å². The summed E-state index contributed by atoms with van der Waals surface area (Å²) in [6.45, 7) is 2.11. The van der Waals surface area contributed by atoms with Gasteiger partial charge in [0.25, 0.3) is 0 Å². The molecule has 4 rings (SSSR count). The van der Waals surface area contributed by atoms with Gasteiger partial charge in [0.2, 0.25) is 9.84 Å². The van der Waals surface area contributed by atoms with Crippen LogP contribution in [0.4, 0.5) is 0 Å². The monoisotopic (exact) mass is 389 g/mol. The van der Waals surface area contributed by atoms with Gasteiger partial charge in [-0.25, -0.2) is 8.42 Å². The summed E-state index contributed by atoms with van der Waals surface area (Å²) in [7, 11) is -3.67. The molecule has 6 nitrogen and oxygen atoms in total. The largest absolute Gasteiger partial charge is 0.493 e. The van der Waals surface area contributed by atoms with Crippen molar-refractivity contribution < 1.29 is 23.0 Å². The van der Waals surface area contributed by atoms with Crippen LogP contribution in [-0.2, 0) is 9.84 Å². The zero-order valence-electron chi connectivity index (χ0n) is 14.9. The quantitative estimate of drug-likeness (QED) is 0.736. The molecule has 2 aromatic rings. The van der Waals surface area contributed by atoms with E-state index in [1.807, 2.05) is 6.07 Å². The van der Waals surface area contributed by atoms with Gasteiger partial charge in [0.05, 0.1) is 16.4 Å². The molecule has 0 bridgehead atoms. The lowest BCUT2D eigenvalue weighted by molar-refractivity contribution is 0.176. The number of ether oxygens (including phenoxy) is 2. The maximum absolute atomic E-state index is 13.1. The van der Waals surface area contributed by atoms with Crippen LogP contribution in [0.1, 0.15) is 24.3 Å². The number of nitrogens with one attached hydrogen (secondary N) is 1. The SMILES string of the molecule is O=S(=O)(c1cccc(OCCCO)c1)c1ccc2c(c1)OC1CNCCC21. The number of fused-ring (bicyclic) bond motifs is 3. The molecule has 2 unspecified atom stereocenters. The van der Waals surface area contributed by atoms with Crippen molar-refractivity contribution in [1.29, 1.82) is 0 Å². The molecule has 2 N–H and O–H groups in total. The second kappa shape index (κ2) is 7.50. The Kier molecular flexibility index (Phi) is 5.08. The fraction of sp³-hybridized carbons (Fsp3) is 0.400. The third-order valence-corrected chi connectivity index (χ3v) is 6.84. The summed E-state index contributed by atoms with van der Waals surface area (Å²) in [6.07, 6.45) is 1.57. The number of hydrogen-bond donors (Lipinski definition) is 2. The molecule has 1 fully saturated rings. The number of hydrogen-bond acceptors (Lipinski definition) is 6. The van der Waals surface area contributed by atoms with E-state index in [0.717, 1.165) is 25.1 Å². The van der Waals surface area contributed by atoms with E-state index in [1.165, 1.54) is 6.07 Å². The minimum atomic E-state index is -3.67. The van der Waals surface area contributed by atoms with E-state index in [0.29, 0.717) is 30.4 Å². The van der Waals surface area contributed by atoms with Crippen LogP contribution in [0.15, 0.2) is 52.3 Å². The van der Waals surface area contributed by atoms with Crippen molar-refractivity contribution in [2.75, 3.05) is 26.3 Å². The molecule has 2 aromatic carbocycles. The van der Waals surface area contributed by atoms with Crippen molar-refractivity contribution in [2.45, 2.75) is 34.7 Å². The smallest absolute Gasteiger partial charge is 0.206 e. The van der Waals surface area contributed by atoms with Crippen molar-refractivity contribution >= 4 is 9.84 Å². The first-order valence-corrected chi connectivity index (χ1v) is 10.7. The van der Waals surface area contributed by atoms with Gasteiger partial charge in [-0.1, -0.05) is 12.1 Å². The maximum atomic E-state index is 13.1. The fourth-order valence-corrected chi connectivity index (χ4v) is 5.00.